The molecule has 0 saturated carbocycles. The van der Waals surface area contributed by atoms with Crippen LogP contribution in [0.1, 0.15) is 10.4 Å². The van der Waals surface area contributed by atoms with Gasteiger partial charge in [0.25, 0.3) is 5.91 Å². The van der Waals surface area contributed by atoms with E-state index in [2.05, 4.69) is 22.4 Å². The minimum absolute atomic E-state index is 0.142. The predicted octanol–water partition coefficient (Wildman–Crippen LogP) is 5.80. The summed E-state index contributed by atoms with van der Waals surface area (Å²) in [5.74, 6) is 1.63. The second kappa shape index (κ2) is 8.68. The van der Waals surface area contributed by atoms with Crippen LogP contribution in [0.4, 0.5) is 11.4 Å². The molecule has 2 heterocycles. The number of nitrogens with zero attached hydrogens (tertiary/aromatic N) is 2. The molecule has 3 aromatic carbocycles. The number of likely N-dealkylation sites (N-methyl/N-ethyl adjacent to an activating group) is 1. The Balaban J connectivity index is 1.54. The van der Waals surface area contributed by atoms with Crippen molar-refractivity contribution in [2.45, 2.75) is 0 Å². The Bertz CT molecular complexity index is 1300. The molecule has 0 fully saturated rings. The van der Waals surface area contributed by atoms with E-state index in [1.54, 1.807) is 18.1 Å². The summed E-state index contributed by atoms with van der Waals surface area (Å²) < 4.78 is 5.48. The maximum absolute atomic E-state index is 13.8. The molecule has 0 aliphatic carbocycles. The van der Waals surface area contributed by atoms with Crippen LogP contribution in [0.15, 0.2) is 90.3 Å². The summed E-state index contributed by atoms with van der Waals surface area (Å²) in [6.45, 7) is 1.27. The number of benzene rings is 3. The van der Waals surface area contributed by atoms with Gasteiger partial charge in [0.15, 0.2) is 0 Å². The second-order valence-electron chi connectivity index (χ2n) is 8.09. The Hall–Kier alpha value is -3.70. The summed E-state index contributed by atoms with van der Waals surface area (Å²) in [5.41, 5.74) is 5.05. The fourth-order valence-electron chi connectivity index (χ4n) is 4.34. The maximum Gasteiger partial charge on any atom is 0.260 e. The van der Waals surface area contributed by atoms with E-state index in [1.165, 1.54) is 0 Å². The third kappa shape index (κ3) is 3.85. The number of hydrogen-bond acceptors (Lipinski definition) is 4. The summed E-state index contributed by atoms with van der Waals surface area (Å²) in [7, 11) is 3.68. The summed E-state index contributed by atoms with van der Waals surface area (Å²) in [5, 5.41) is 3.93. The Labute approximate surface area is 198 Å². The molecule has 5 nitrogen and oxygen atoms in total. The van der Waals surface area contributed by atoms with Crippen LogP contribution in [-0.2, 0) is 0 Å². The van der Waals surface area contributed by atoms with E-state index < -0.39 is 0 Å². The van der Waals surface area contributed by atoms with E-state index in [9.17, 15) is 4.79 Å². The number of rotatable bonds is 3. The average Bonchev–Trinajstić information content (AvgIpc) is 3.01. The third-order valence-electron chi connectivity index (χ3n) is 6.02. The van der Waals surface area contributed by atoms with Gasteiger partial charge in [-0.2, -0.15) is 0 Å². The van der Waals surface area contributed by atoms with Gasteiger partial charge in [-0.05, 0) is 35.9 Å². The number of halogens is 1. The highest BCUT2D eigenvalue weighted by Crippen LogP contribution is 2.36. The lowest BCUT2D eigenvalue weighted by atomic mass is 10.0. The molecule has 0 aromatic heterocycles. The molecule has 166 valence electrons. The number of ether oxygens (including phenoxy) is 1. The van der Waals surface area contributed by atoms with Crippen molar-refractivity contribution in [2.24, 2.45) is 0 Å². The molecule has 2 aliphatic rings. The molecule has 0 spiro atoms. The first-order chi connectivity index (χ1) is 16.1. The highest BCUT2D eigenvalue weighted by molar-refractivity contribution is 6.35. The first-order valence-electron chi connectivity index (χ1n) is 10.8. The Kier molecular flexibility index (Phi) is 5.56. The van der Waals surface area contributed by atoms with E-state index in [4.69, 9.17) is 16.3 Å². The van der Waals surface area contributed by atoms with Gasteiger partial charge in [0.05, 0.1) is 35.6 Å². The molecular weight excluding hydrogens is 434 g/mol. The molecule has 33 heavy (non-hydrogen) atoms. The molecule has 1 N–H and O–H groups in total. The lowest BCUT2D eigenvalue weighted by Crippen LogP contribution is -2.34. The van der Waals surface area contributed by atoms with Crippen molar-refractivity contribution in [3.8, 4) is 16.9 Å². The first-order valence-corrected chi connectivity index (χ1v) is 11.2. The van der Waals surface area contributed by atoms with Crippen molar-refractivity contribution in [3.63, 3.8) is 0 Å². The molecule has 6 heteroatoms. The van der Waals surface area contributed by atoms with Crippen LogP contribution in [0.25, 0.3) is 11.1 Å². The van der Waals surface area contributed by atoms with E-state index in [1.807, 2.05) is 67.7 Å². The Morgan fingerprint density at radius 3 is 2.67 bits per heavy atom. The number of para-hydroxylation sites is 3. The van der Waals surface area contributed by atoms with Crippen molar-refractivity contribution in [3.05, 3.63) is 101 Å². The Morgan fingerprint density at radius 1 is 1.06 bits per heavy atom. The first kappa shape index (κ1) is 21.2. The van der Waals surface area contributed by atoms with Gasteiger partial charge in [0.2, 0.25) is 0 Å². The van der Waals surface area contributed by atoms with Gasteiger partial charge < -0.3 is 19.9 Å². The number of fused-ring (bicyclic) bond motifs is 1. The van der Waals surface area contributed by atoms with E-state index in [0.29, 0.717) is 17.1 Å². The van der Waals surface area contributed by atoms with Gasteiger partial charge in [-0.1, -0.05) is 60.2 Å². The molecule has 2 aliphatic heterocycles. The lowest BCUT2D eigenvalue weighted by Gasteiger charge is -2.27. The zero-order valence-corrected chi connectivity index (χ0v) is 19.3. The van der Waals surface area contributed by atoms with Gasteiger partial charge in [0, 0.05) is 24.7 Å². The van der Waals surface area contributed by atoms with Gasteiger partial charge >= 0.3 is 0 Å². The fourth-order valence-corrected chi connectivity index (χ4v) is 4.60. The minimum Gasteiger partial charge on any atom is -0.496 e. The predicted molar refractivity (Wildman–Crippen MR) is 134 cm³/mol. The van der Waals surface area contributed by atoms with Crippen LogP contribution in [0.5, 0.6) is 5.75 Å². The molecule has 0 saturated heterocycles. The van der Waals surface area contributed by atoms with Gasteiger partial charge in [-0.15, -0.1) is 0 Å². The monoisotopic (exact) mass is 457 g/mol. The summed E-state index contributed by atoms with van der Waals surface area (Å²) >= 11 is 6.68. The molecule has 0 unspecified atom stereocenters. The molecule has 0 radical (unpaired) electrons. The number of carbonyl (C=O) groups is 1. The number of anilines is 2. The highest BCUT2D eigenvalue weighted by Gasteiger charge is 2.28. The topological polar surface area (TPSA) is 44.8 Å². The molecule has 0 atom stereocenters. The number of amides is 1. The second-order valence-corrected chi connectivity index (χ2v) is 8.49. The fraction of sp³-hybridized carbons (Fsp3) is 0.148. The minimum atomic E-state index is -0.142. The van der Waals surface area contributed by atoms with E-state index in [0.717, 1.165) is 46.2 Å². The van der Waals surface area contributed by atoms with Crippen LogP contribution in [0.3, 0.4) is 0 Å². The number of methoxy groups -OCH3 is 1. The molecule has 0 bridgehead atoms. The van der Waals surface area contributed by atoms with Gasteiger partial charge in [-0.25, -0.2) is 0 Å². The van der Waals surface area contributed by atoms with Crippen LogP contribution in [0.2, 0.25) is 5.02 Å². The standard InChI is InChI=1S/C27H24ClN3O2/c1-30-15-7-8-19-17-31(24-11-5-4-10-23(24)29-26(19)30)27(32)21-14-13-18(16-22(21)28)20-9-3-6-12-25(20)33-2/h3-14,16,29H,15,17H2,1-2H3. The van der Waals surface area contributed by atoms with Crippen LogP contribution < -0.4 is 15.0 Å². The van der Waals surface area contributed by atoms with Crippen LogP contribution >= 0.6 is 11.6 Å². The summed E-state index contributed by atoms with van der Waals surface area (Å²) in [4.78, 5) is 17.7. The van der Waals surface area contributed by atoms with Crippen molar-refractivity contribution >= 4 is 28.9 Å². The lowest BCUT2D eigenvalue weighted by molar-refractivity contribution is 0.0989. The zero-order chi connectivity index (χ0) is 22.9. The van der Waals surface area contributed by atoms with Crippen LogP contribution in [0, 0.1) is 0 Å². The van der Waals surface area contributed by atoms with Crippen molar-refractivity contribution in [1.82, 2.24) is 4.90 Å². The summed E-state index contributed by atoms with van der Waals surface area (Å²) in [6.07, 6.45) is 4.19. The molecule has 3 aromatic rings. The summed E-state index contributed by atoms with van der Waals surface area (Å²) in [6, 6.07) is 21.1. The smallest absolute Gasteiger partial charge is 0.260 e. The van der Waals surface area contributed by atoms with Crippen molar-refractivity contribution in [1.29, 1.82) is 0 Å². The van der Waals surface area contributed by atoms with Crippen LogP contribution in [-0.4, -0.2) is 38.1 Å². The quantitative estimate of drug-likeness (QED) is 0.539. The van der Waals surface area contributed by atoms with Gasteiger partial charge in [0.1, 0.15) is 11.6 Å². The van der Waals surface area contributed by atoms with Gasteiger partial charge in [-0.3, -0.25) is 4.79 Å². The van der Waals surface area contributed by atoms with Crippen molar-refractivity contribution < 1.29 is 9.53 Å². The highest BCUT2D eigenvalue weighted by atomic mass is 35.5. The van der Waals surface area contributed by atoms with E-state index in [-0.39, 0.29) is 5.91 Å². The molecule has 1 amide bonds. The molecular formula is C27H24ClN3O2. The SMILES string of the molecule is COc1ccccc1-c1ccc(C(=O)N2CC3=C(Nc4ccccc42)N(C)CC=C3)c(Cl)c1. The number of carbonyl (C=O) groups excluding carboxylic acids is 1. The largest absolute Gasteiger partial charge is 0.496 e. The number of hydrogen-bond donors (Lipinski definition) is 1. The normalized spacial score (nSPS) is 14.9. The molecule has 5 rings (SSSR count). The number of nitrogens with one attached hydrogen (secondary N) is 1. The third-order valence-corrected chi connectivity index (χ3v) is 6.34. The van der Waals surface area contributed by atoms with E-state index >= 15 is 0 Å². The van der Waals surface area contributed by atoms with Crippen molar-refractivity contribution in [2.75, 3.05) is 37.5 Å². The average molecular weight is 458 g/mol. The Morgan fingerprint density at radius 2 is 1.85 bits per heavy atom. The maximum atomic E-state index is 13.8. The zero-order valence-electron chi connectivity index (χ0n) is 18.5.